The lowest BCUT2D eigenvalue weighted by Gasteiger charge is -2.36. The Kier molecular flexibility index (Phi) is 4.74. The molecule has 1 saturated heterocycles. The zero-order valence-electron chi connectivity index (χ0n) is 11.9. The monoisotopic (exact) mass is 300 g/mol. The molecule has 0 amide bonds. The van der Waals surface area contributed by atoms with Crippen LogP contribution in [0, 0.1) is 11.6 Å². The van der Waals surface area contributed by atoms with Crippen LogP contribution in [0.2, 0.25) is 0 Å². The highest BCUT2D eigenvalue weighted by Crippen LogP contribution is 2.26. The number of nitrogens with two attached hydrogens (primary N) is 1. The zero-order valence-corrected chi connectivity index (χ0v) is 11.9. The molecule has 0 aliphatic carbocycles. The highest BCUT2D eigenvalue weighted by atomic mass is 19.2. The largest absolute Gasteiger partial charge is 0.465 e. The van der Waals surface area contributed by atoms with Crippen molar-refractivity contribution in [2.24, 2.45) is 5.73 Å². The number of nitrogens with zero attached hydrogens (tertiary/aromatic N) is 1. The molecule has 1 heterocycles. The van der Waals surface area contributed by atoms with Gasteiger partial charge in [0.05, 0.1) is 31.1 Å². The van der Waals surface area contributed by atoms with Crippen molar-refractivity contribution in [3.05, 3.63) is 29.3 Å². The van der Waals surface area contributed by atoms with Gasteiger partial charge in [-0.25, -0.2) is 13.6 Å². The van der Waals surface area contributed by atoms with Gasteiger partial charge in [-0.1, -0.05) is 0 Å². The van der Waals surface area contributed by atoms with E-state index in [1.54, 1.807) is 11.8 Å². The van der Waals surface area contributed by atoms with Gasteiger partial charge in [-0.3, -0.25) is 0 Å². The van der Waals surface area contributed by atoms with Crippen LogP contribution in [0.3, 0.4) is 0 Å². The van der Waals surface area contributed by atoms with E-state index in [0.717, 1.165) is 7.11 Å². The van der Waals surface area contributed by atoms with Crippen LogP contribution in [-0.2, 0) is 9.47 Å². The minimum absolute atomic E-state index is 0.0918. The highest BCUT2D eigenvalue weighted by molar-refractivity contribution is 5.90. The predicted octanol–water partition coefficient (Wildman–Crippen LogP) is 1.30. The Bertz CT molecular complexity index is 537. The Morgan fingerprint density at radius 1 is 1.48 bits per heavy atom. The van der Waals surface area contributed by atoms with E-state index >= 15 is 0 Å². The van der Waals surface area contributed by atoms with E-state index < -0.39 is 23.2 Å². The number of esters is 1. The molecule has 1 aromatic carbocycles. The molecule has 1 aromatic rings. The van der Waals surface area contributed by atoms with Gasteiger partial charge in [0.25, 0.3) is 0 Å². The number of morpholine rings is 1. The summed E-state index contributed by atoms with van der Waals surface area (Å²) in [4.78, 5) is 13.0. The van der Waals surface area contributed by atoms with Crippen LogP contribution >= 0.6 is 0 Å². The normalized spacial score (nSPS) is 20.2. The molecule has 0 radical (unpaired) electrons. The van der Waals surface area contributed by atoms with Crippen molar-refractivity contribution < 1.29 is 23.0 Å². The summed E-state index contributed by atoms with van der Waals surface area (Å²) in [5, 5.41) is 0. The number of rotatable bonds is 3. The minimum Gasteiger partial charge on any atom is -0.465 e. The summed E-state index contributed by atoms with van der Waals surface area (Å²) < 4.78 is 38.0. The van der Waals surface area contributed by atoms with Crippen molar-refractivity contribution in [1.82, 2.24) is 0 Å². The standard InChI is InChI=1S/C14H18F2N2O3/c1-8(17)11-7-18(5-6-21-11)10-4-3-9(14(19)20-2)12(15)13(10)16/h3-4,8,11H,5-7,17H2,1-2H3. The molecule has 0 spiro atoms. The lowest BCUT2D eigenvalue weighted by Crippen LogP contribution is -2.50. The summed E-state index contributed by atoms with van der Waals surface area (Å²) >= 11 is 0. The quantitative estimate of drug-likeness (QED) is 0.853. The fourth-order valence-corrected chi connectivity index (χ4v) is 2.26. The van der Waals surface area contributed by atoms with E-state index in [4.69, 9.17) is 10.5 Å². The molecule has 2 unspecified atom stereocenters. The van der Waals surface area contributed by atoms with Crippen LogP contribution in [0.4, 0.5) is 14.5 Å². The molecule has 0 aromatic heterocycles. The number of halogens is 2. The molecule has 0 saturated carbocycles. The summed E-state index contributed by atoms with van der Waals surface area (Å²) in [6.45, 7) is 2.97. The number of methoxy groups -OCH3 is 1. The lowest BCUT2D eigenvalue weighted by molar-refractivity contribution is 0.0273. The number of anilines is 1. The van der Waals surface area contributed by atoms with Crippen LogP contribution < -0.4 is 10.6 Å². The van der Waals surface area contributed by atoms with Crippen LogP contribution in [0.25, 0.3) is 0 Å². The van der Waals surface area contributed by atoms with Crippen molar-refractivity contribution in [1.29, 1.82) is 0 Å². The second-order valence-electron chi connectivity index (χ2n) is 4.97. The van der Waals surface area contributed by atoms with Crippen molar-refractivity contribution in [3.8, 4) is 0 Å². The second kappa shape index (κ2) is 6.36. The van der Waals surface area contributed by atoms with Gasteiger partial charge >= 0.3 is 5.97 Å². The van der Waals surface area contributed by atoms with Crippen molar-refractivity contribution in [3.63, 3.8) is 0 Å². The number of hydrogen-bond acceptors (Lipinski definition) is 5. The fraction of sp³-hybridized carbons (Fsp3) is 0.500. The highest BCUT2D eigenvalue weighted by Gasteiger charge is 2.27. The smallest absolute Gasteiger partial charge is 0.340 e. The molecule has 2 atom stereocenters. The van der Waals surface area contributed by atoms with Gasteiger partial charge in [-0.05, 0) is 19.1 Å². The third-order valence-corrected chi connectivity index (χ3v) is 3.49. The van der Waals surface area contributed by atoms with E-state index in [1.165, 1.54) is 12.1 Å². The van der Waals surface area contributed by atoms with Gasteiger partial charge in [-0.2, -0.15) is 0 Å². The van der Waals surface area contributed by atoms with Crippen LogP contribution in [0.15, 0.2) is 12.1 Å². The maximum absolute atomic E-state index is 14.2. The molecule has 5 nitrogen and oxygen atoms in total. The summed E-state index contributed by atoms with van der Waals surface area (Å²) in [5.74, 6) is -3.18. The fourth-order valence-electron chi connectivity index (χ4n) is 2.26. The lowest BCUT2D eigenvalue weighted by atomic mass is 10.1. The minimum atomic E-state index is -1.21. The van der Waals surface area contributed by atoms with Gasteiger partial charge in [0.2, 0.25) is 0 Å². The van der Waals surface area contributed by atoms with Gasteiger partial charge in [0, 0.05) is 19.1 Å². The third kappa shape index (κ3) is 3.14. The summed E-state index contributed by atoms with van der Waals surface area (Å²) in [7, 11) is 1.11. The first kappa shape index (κ1) is 15.7. The Morgan fingerprint density at radius 3 is 2.81 bits per heavy atom. The van der Waals surface area contributed by atoms with Crippen LogP contribution in [-0.4, -0.2) is 44.9 Å². The Labute approximate surface area is 121 Å². The van der Waals surface area contributed by atoms with Gasteiger partial charge in [0.1, 0.15) is 0 Å². The second-order valence-corrected chi connectivity index (χ2v) is 4.97. The molecule has 1 aliphatic rings. The van der Waals surface area contributed by atoms with E-state index in [2.05, 4.69) is 4.74 Å². The van der Waals surface area contributed by atoms with Gasteiger partial charge < -0.3 is 20.1 Å². The number of carbonyl (C=O) groups is 1. The third-order valence-electron chi connectivity index (χ3n) is 3.49. The maximum atomic E-state index is 14.2. The summed E-state index contributed by atoms with van der Waals surface area (Å²) in [6.07, 6.45) is -0.249. The Balaban J connectivity index is 2.28. The molecule has 1 fully saturated rings. The van der Waals surface area contributed by atoms with Gasteiger partial charge in [0.15, 0.2) is 11.6 Å². The number of benzene rings is 1. The van der Waals surface area contributed by atoms with E-state index in [9.17, 15) is 13.6 Å². The van der Waals surface area contributed by atoms with E-state index in [-0.39, 0.29) is 17.8 Å². The predicted molar refractivity (Wildman–Crippen MR) is 73.3 cm³/mol. The molecule has 7 heteroatoms. The summed E-state index contributed by atoms with van der Waals surface area (Å²) in [6, 6.07) is 2.37. The van der Waals surface area contributed by atoms with E-state index in [0.29, 0.717) is 19.7 Å². The van der Waals surface area contributed by atoms with Crippen molar-refractivity contribution >= 4 is 11.7 Å². The first-order chi connectivity index (χ1) is 9.95. The molecular formula is C14H18F2N2O3. The molecule has 0 bridgehead atoms. The number of carbonyl (C=O) groups excluding carboxylic acids is 1. The van der Waals surface area contributed by atoms with Crippen molar-refractivity contribution in [2.75, 3.05) is 31.7 Å². The average Bonchev–Trinajstić information content (AvgIpc) is 2.49. The molecule has 21 heavy (non-hydrogen) atoms. The molecular weight excluding hydrogens is 282 g/mol. The topological polar surface area (TPSA) is 64.8 Å². The number of hydrogen-bond donors (Lipinski definition) is 1. The van der Waals surface area contributed by atoms with Crippen molar-refractivity contribution in [2.45, 2.75) is 19.1 Å². The molecule has 2 rings (SSSR count). The molecule has 116 valence electrons. The van der Waals surface area contributed by atoms with Crippen LogP contribution in [0.1, 0.15) is 17.3 Å². The first-order valence-electron chi connectivity index (χ1n) is 6.64. The SMILES string of the molecule is COC(=O)c1ccc(N2CCOC(C(C)N)C2)c(F)c1F. The average molecular weight is 300 g/mol. The molecule has 2 N–H and O–H groups in total. The van der Waals surface area contributed by atoms with E-state index in [1.807, 2.05) is 0 Å². The maximum Gasteiger partial charge on any atom is 0.340 e. The molecule has 1 aliphatic heterocycles. The zero-order chi connectivity index (χ0) is 15.6. The Hall–Kier alpha value is -1.73. The van der Waals surface area contributed by atoms with Gasteiger partial charge in [-0.15, -0.1) is 0 Å². The Morgan fingerprint density at radius 2 is 2.19 bits per heavy atom. The van der Waals surface area contributed by atoms with Crippen LogP contribution in [0.5, 0.6) is 0 Å². The first-order valence-corrected chi connectivity index (χ1v) is 6.64. The summed E-state index contributed by atoms with van der Waals surface area (Å²) in [5.41, 5.74) is 5.45. The number of ether oxygens (including phenoxy) is 2.